The highest BCUT2D eigenvalue weighted by Gasteiger charge is 2.63. The van der Waals surface area contributed by atoms with Crippen molar-refractivity contribution in [1.82, 2.24) is 0 Å². The van der Waals surface area contributed by atoms with Crippen LogP contribution in [0, 0.1) is 41.4 Å². The van der Waals surface area contributed by atoms with E-state index in [1.54, 1.807) is 0 Å². The van der Waals surface area contributed by atoms with Gasteiger partial charge in [0.25, 0.3) is 0 Å². The molecule has 0 amide bonds. The minimum absolute atomic E-state index is 0.0325. The van der Waals surface area contributed by atoms with Crippen LogP contribution in [0.4, 0.5) is 0 Å². The van der Waals surface area contributed by atoms with Crippen molar-refractivity contribution in [3.8, 4) is 5.75 Å². The van der Waals surface area contributed by atoms with Crippen molar-refractivity contribution in [1.29, 1.82) is 0 Å². The molecule has 2 heteroatoms. The Morgan fingerprint density at radius 2 is 1.64 bits per heavy atom. The van der Waals surface area contributed by atoms with E-state index in [2.05, 4.69) is 12.1 Å². The van der Waals surface area contributed by atoms with Crippen LogP contribution < -0.4 is 4.74 Å². The lowest BCUT2D eigenvalue weighted by Gasteiger charge is -2.37. The summed E-state index contributed by atoms with van der Waals surface area (Å²) < 4.78 is 5.95. The molecule has 4 fully saturated rings. The number of carbonyl (C=O) groups excluding carboxylic acids is 1. The second-order valence-electron chi connectivity index (χ2n) is 8.89. The molecule has 4 saturated carbocycles. The number of hydrogen-bond acceptors (Lipinski definition) is 2. The molecular weight excluding hydrogens is 308 g/mol. The summed E-state index contributed by atoms with van der Waals surface area (Å²) in [5.41, 5.74) is 0. The summed E-state index contributed by atoms with van der Waals surface area (Å²) in [6.45, 7) is 0. The van der Waals surface area contributed by atoms with Gasteiger partial charge in [0.1, 0.15) is 5.75 Å². The van der Waals surface area contributed by atoms with Crippen molar-refractivity contribution < 1.29 is 9.53 Å². The zero-order valence-corrected chi connectivity index (χ0v) is 14.4. The summed E-state index contributed by atoms with van der Waals surface area (Å²) >= 11 is 0. The van der Waals surface area contributed by atoms with Gasteiger partial charge in [0.15, 0.2) is 0 Å². The van der Waals surface area contributed by atoms with Gasteiger partial charge in [-0.25, -0.2) is 0 Å². The minimum Gasteiger partial charge on any atom is -0.426 e. The maximum Gasteiger partial charge on any atom is 0.314 e. The number of carbonyl (C=O) groups is 1. The van der Waals surface area contributed by atoms with Gasteiger partial charge in [-0.15, -0.1) is 0 Å². The average Bonchev–Trinajstić information content (AvgIpc) is 3.40. The molecule has 4 bridgehead atoms. The van der Waals surface area contributed by atoms with Crippen LogP contribution in [-0.4, -0.2) is 5.97 Å². The average molecular weight is 332 g/mol. The van der Waals surface area contributed by atoms with Crippen molar-refractivity contribution in [2.24, 2.45) is 41.4 Å². The molecule has 0 aromatic heterocycles. The molecule has 0 aliphatic heterocycles. The number of ether oxygens (including phenoxy) is 1. The van der Waals surface area contributed by atoms with Crippen molar-refractivity contribution in [2.75, 3.05) is 0 Å². The number of benzene rings is 2. The molecule has 128 valence electrons. The van der Waals surface area contributed by atoms with E-state index in [-0.39, 0.29) is 11.9 Å². The van der Waals surface area contributed by atoms with Gasteiger partial charge in [0, 0.05) is 5.39 Å². The molecule has 0 radical (unpaired) electrons. The number of esters is 1. The quantitative estimate of drug-likeness (QED) is 0.436. The molecule has 6 rings (SSSR count). The molecule has 4 aliphatic carbocycles. The van der Waals surface area contributed by atoms with E-state index in [4.69, 9.17) is 4.74 Å². The van der Waals surface area contributed by atoms with Gasteiger partial charge in [-0.2, -0.15) is 0 Å². The fraction of sp³-hybridized carbons (Fsp3) is 0.522. The molecule has 2 aromatic carbocycles. The first-order chi connectivity index (χ1) is 12.3. The summed E-state index contributed by atoms with van der Waals surface area (Å²) in [5, 5.41) is 2.17. The second-order valence-corrected chi connectivity index (χ2v) is 8.89. The van der Waals surface area contributed by atoms with Crippen LogP contribution >= 0.6 is 0 Å². The molecule has 0 saturated heterocycles. The molecule has 0 spiro atoms. The first-order valence-electron chi connectivity index (χ1n) is 9.99. The van der Waals surface area contributed by atoms with Gasteiger partial charge in [-0.05, 0) is 79.1 Å². The lowest BCUT2D eigenvalue weighted by molar-refractivity contribution is -0.142. The molecule has 2 aromatic rings. The maximum absolute atomic E-state index is 13.0. The molecular formula is C23H24O2. The second kappa shape index (κ2) is 5.09. The van der Waals surface area contributed by atoms with Crippen molar-refractivity contribution in [3.05, 3.63) is 42.5 Å². The number of fused-ring (bicyclic) bond motifs is 10. The third-order valence-corrected chi connectivity index (χ3v) is 8.00. The lowest BCUT2D eigenvalue weighted by atomic mass is 9.67. The Kier molecular flexibility index (Phi) is 2.92. The Labute approximate surface area is 148 Å². The van der Waals surface area contributed by atoms with Gasteiger partial charge in [-0.1, -0.05) is 36.4 Å². The topological polar surface area (TPSA) is 26.3 Å². The molecule has 0 N–H and O–H groups in total. The minimum atomic E-state index is 0.0325. The van der Waals surface area contributed by atoms with E-state index in [1.807, 2.05) is 30.3 Å². The van der Waals surface area contributed by atoms with E-state index in [1.165, 1.54) is 25.7 Å². The van der Waals surface area contributed by atoms with Gasteiger partial charge >= 0.3 is 5.97 Å². The molecule has 7 atom stereocenters. The zero-order chi connectivity index (χ0) is 16.5. The van der Waals surface area contributed by atoms with E-state index < -0.39 is 0 Å². The highest BCUT2D eigenvalue weighted by Crippen LogP contribution is 2.68. The summed E-state index contributed by atoms with van der Waals surface area (Å²) in [6.07, 6.45) is 6.70. The SMILES string of the molecule is O=C(Oc1cccc2ccccc12)C1CC2CC1C1C3CCC(C3)C21. The Balaban J connectivity index is 1.27. The monoisotopic (exact) mass is 332 g/mol. The first kappa shape index (κ1) is 14.4. The fourth-order valence-electron chi connectivity index (χ4n) is 7.31. The van der Waals surface area contributed by atoms with Crippen LogP contribution in [0.1, 0.15) is 32.1 Å². The smallest absolute Gasteiger partial charge is 0.314 e. The molecule has 2 nitrogen and oxygen atoms in total. The molecule has 4 aliphatic rings. The summed E-state index contributed by atoms with van der Waals surface area (Å²) in [7, 11) is 0. The maximum atomic E-state index is 13.0. The molecule has 0 heterocycles. The Hall–Kier alpha value is -1.83. The van der Waals surface area contributed by atoms with Crippen LogP contribution in [0.25, 0.3) is 10.8 Å². The van der Waals surface area contributed by atoms with Crippen molar-refractivity contribution >= 4 is 16.7 Å². The molecule has 25 heavy (non-hydrogen) atoms. The van der Waals surface area contributed by atoms with Crippen LogP contribution in [0.3, 0.4) is 0 Å². The largest absolute Gasteiger partial charge is 0.426 e. The third kappa shape index (κ3) is 1.94. The van der Waals surface area contributed by atoms with E-state index in [9.17, 15) is 4.79 Å². The standard InChI is InChI=1S/C23H24O2/c24-23(25-20-7-3-5-13-4-1-2-6-17(13)20)19-12-16-11-18(19)22-15-9-8-14(10-15)21(16)22/h1-7,14-16,18-19,21-22H,8-12H2. The highest BCUT2D eigenvalue weighted by molar-refractivity contribution is 5.90. The third-order valence-electron chi connectivity index (χ3n) is 8.00. The summed E-state index contributed by atoms with van der Waals surface area (Å²) in [4.78, 5) is 13.0. The van der Waals surface area contributed by atoms with Gasteiger partial charge in [0.05, 0.1) is 5.92 Å². The Bertz CT molecular complexity index is 851. The predicted octanol–water partition coefficient (Wildman–Crippen LogP) is 5.06. The van der Waals surface area contributed by atoms with Crippen LogP contribution in [0.2, 0.25) is 0 Å². The lowest BCUT2D eigenvalue weighted by Crippen LogP contribution is -2.37. The van der Waals surface area contributed by atoms with Crippen molar-refractivity contribution in [3.63, 3.8) is 0 Å². The number of rotatable bonds is 2. The summed E-state index contributed by atoms with van der Waals surface area (Å²) in [5.74, 6) is 6.00. The van der Waals surface area contributed by atoms with Crippen LogP contribution in [-0.2, 0) is 4.79 Å². The van der Waals surface area contributed by atoms with Crippen LogP contribution in [0.5, 0.6) is 5.75 Å². The van der Waals surface area contributed by atoms with Gasteiger partial charge < -0.3 is 4.74 Å². The normalized spacial score (nSPS) is 40.6. The highest BCUT2D eigenvalue weighted by atomic mass is 16.5. The number of hydrogen-bond donors (Lipinski definition) is 0. The zero-order valence-electron chi connectivity index (χ0n) is 14.4. The van der Waals surface area contributed by atoms with E-state index in [0.29, 0.717) is 5.92 Å². The fourth-order valence-corrected chi connectivity index (χ4v) is 7.31. The van der Waals surface area contributed by atoms with E-state index >= 15 is 0 Å². The van der Waals surface area contributed by atoms with Crippen LogP contribution in [0.15, 0.2) is 42.5 Å². The Morgan fingerprint density at radius 3 is 2.56 bits per heavy atom. The first-order valence-corrected chi connectivity index (χ1v) is 9.99. The predicted molar refractivity (Wildman–Crippen MR) is 97.1 cm³/mol. The summed E-state index contributed by atoms with van der Waals surface area (Å²) in [6, 6.07) is 14.2. The molecule has 7 unspecified atom stereocenters. The van der Waals surface area contributed by atoms with E-state index in [0.717, 1.165) is 52.5 Å². The van der Waals surface area contributed by atoms with Gasteiger partial charge in [-0.3, -0.25) is 4.79 Å². The Morgan fingerprint density at radius 1 is 0.840 bits per heavy atom. The van der Waals surface area contributed by atoms with Gasteiger partial charge in [0.2, 0.25) is 0 Å². The van der Waals surface area contributed by atoms with Crippen molar-refractivity contribution in [2.45, 2.75) is 32.1 Å².